The Labute approximate surface area is 214 Å². The summed E-state index contributed by atoms with van der Waals surface area (Å²) in [6, 6.07) is 7.04. The Kier molecular flexibility index (Phi) is 7.37. The zero-order valence-electron chi connectivity index (χ0n) is 18.9. The first-order valence-corrected chi connectivity index (χ1v) is 12.6. The van der Waals surface area contributed by atoms with Crippen LogP contribution < -0.4 is 14.5 Å². The number of benzene rings is 1. The van der Waals surface area contributed by atoms with Crippen LogP contribution in [0.25, 0.3) is 0 Å². The zero-order valence-corrected chi connectivity index (χ0v) is 20.4. The molecule has 1 aromatic carbocycles. The molecule has 0 amide bonds. The number of aromatic nitrogens is 3. The minimum atomic E-state index is -4.59. The van der Waals surface area contributed by atoms with Gasteiger partial charge in [0.2, 0.25) is 5.95 Å². The van der Waals surface area contributed by atoms with Crippen molar-refractivity contribution >= 4 is 39.1 Å². The quantitative estimate of drug-likeness (QED) is 0.469. The summed E-state index contributed by atoms with van der Waals surface area (Å²) in [6.45, 7) is 1.40. The minimum absolute atomic E-state index is 0.00885. The number of alkyl halides is 3. The van der Waals surface area contributed by atoms with Crippen LogP contribution in [0.15, 0.2) is 47.6 Å². The highest BCUT2D eigenvalue weighted by atomic mass is 35.5. The van der Waals surface area contributed by atoms with E-state index in [9.17, 15) is 31.2 Å². The molecule has 3 heterocycles. The van der Waals surface area contributed by atoms with Crippen molar-refractivity contribution in [2.45, 2.75) is 17.5 Å². The third-order valence-corrected chi connectivity index (χ3v) is 7.12. The maximum atomic E-state index is 13.4. The van der Waals surface area contributed by atoms with Crippen molar-refractivity contribution in [3.05, 3.63) is 64.8 Å². The summed E-state index contributed by atoms with van der Waals surface area (Å²) in [5.41, 5.74) is -0.941. The van der Waals surface area contributed by atoms with E-state index in [4.69, 9.17) is 11.6 Å². The first kappa shape index (κ1) is 26.4. The standard InChI is InChI=1S/C22H18ClF4N7O2S/c23-17-11-16(2-3-18(17)24)37(35,36)32-15-10-14(12-28)20(30-13-15)33-6-1-7-34(9-8-33)21-29-5-4-19(31-21)22(25,26)27/h2-5,10-11,13,32H,1,6-9H2. The predicted molar refractivity (Wildman–Crippen MR) is 127 cm³/mol. The summed E-state index contributed by atoms with van der Waals surface area (Å²) in [5, 5.41) is 9.31. The third kappa shape index (κ3) is 6.00. The van der Waals surface area contributed by atoms with Crippen molar-refractivity contribution < 1.29 is 26.0 Å². The van der Waals surface area contributed by atoms with Crippen LogP contribution in [0.4, 0.5) is 35.0 Å². The Hall–Kier alpha value is -3.70. The average Bonchev–Trinajstić information content (AvgIpc) is 3.11. The molecule has 194 valence electrons. The topological polar surface area (TPSA) is 115 Å². The van der Waals surface area contributed by atoms with Crippen LogP contribution in [0.2, 0.25) is 5.02 Å². The molecule has 0 spiro atoms. The van der Waals surface area contributed by atoms with Gasteiger partial charge in [0.1, 0.15) is 23.4 Å². The van der Waals surface area contributed by atoms with Gasteiger partial charge in [-0.05, 0) is 36.8 Å². The fourth-order valence-corrected chi connectivity index (χ4v) is 5.00. The minimum Gasteiger partial charge on any atom is -0.354 e. The first-order valence-electron chi connectivity index (χ1n) is 10.8. The number of rotatable bonds is 5. The van der Waals surface area contributed by atoms with Gasteiger partial charge in [-0.3, -0.25) is 4.72 Å². The molecule has 2 aromatic heterocycles. The molecule has 15 heteroatoms. The van der Waals surface area contributed by atoms with E-state index in [0.29, 0.717) is 31.9 Å². The molecule has 0 aliphatic carbocycles. The molecule has 0 atom stereocenters. The number of anilines is 3. The van der Waals surface area contributed by atoms with Gasteiger partial charge in [-0.2, -0.15) is 18.4 Å². The van der Waals surface area contributed by atoms with Crippen molar-refractivity contribution in [1.82, 2.24) is 15.0 Å². The zero-order chi connectivity index (χ0) is 26.8. The first-order chi connectivity index (χ1) is 17.5. The molecule has 9 nitrogen and oxygen atoms in total. The number of pyridine rings is 1. The number of nitriles is 1. The maximum absolute atomic E-state index is 13.4. The summed E-state index contributed by atoms with van der Waals surface area (Å²) in [4.78, 5) is 15.0. The van der Waals surface area contributed by atoms with Crippen LogP contribution in [0.5, 0.6) is 0 Å². The molecule has 1 fully saturated rings. The Morgan fingerprint density at radius 2 is 1.78 bits per heavy atom. The monoisotopic (exact) mass is 555 g/mol. The van der Waals surface area contributed by atoms with Gasteiger partial charge in [0, 0.05) is 32.4 Å². The van der Waals surface area contributed by atoms with Gasteiger partial charge in [-0.1, -0.05) is 11.6 Å². The third-order valence-electron chi connectivity index (χ3n) is 5.45. The van der Waals surface area contributed by atoms with Crippen LogP contribution >= 0.6 is 11.6 Å². The Morgan fingerprint density at radius 3 is 2.49 bits per heavy atom. The molecule has 0 bridgehead atoms. The molecule has 1 aliphatic rings. The van der Waals surface area contributed by atoms with Gasteiger partial charge in [0.15, 0.2) is 0 Å². The number of hydrogen-bond donors (Lipinski definition) is 1. The molecule has 0 unspecified atom stereocenters. The van der Waals surface area contributed by atoms with Crippen LogP contribution in [-0.2, 0) is 16.2 Å². The molecule has 37 heavy (non-hydrogen) atoms. The van der Waals surface area contributed by atoms with Crippen molar-refractivity contribution in [3.63, 3.8) is 0 Å². The SMILES string of the molecule is N#Cc1cc(NS(=O)(=O)c2ccc(F)c(Cl)c2)cnc1N1CCCN(c2nccc(C(F)(F)F)n2)CC1. The highest BCUT2D eigenvalue weighted by molar-refractivity contribution is 7.92. The number of nitrogens with zero attached hydrogens (tertiary/aromatic N) is 6. The largest absolute Gasteiger partial charge is 0.433 e. The van der Waals surface area contributed by atoms with Gasteiger partial charge >= 0.3 is 6.18 Å². The molecule has 1 saturated heterocycles. The predicted octanol–water partition coefficient (Wildman–Crippen LogP) is 4.07. The van der Waals surface area contributed by atoms with Gasteiger partial charge in [-0.15, -0.1) is 0 Å². The van der Waals surface area contributed by atoms with E-state index in [1.807, 2.05) is 6.07 Å². The summed E-state index contributed by atoms with van der Waals surface area (Å²) < 4.78 is 80.1. The van der Waals surface area contributed by atoms with E-state index in [1.54, 1.807) is 9.80 Å². The van der Waals surface area contributed by atoms with Gasteiger partial charge in [-0.25, -0.2) is 27.8 Å². The van der Waals surface area contributed by atoms with E-state index in [2.05, 4.69) is 19.7 Å². The number of nitrogens with one attached hydrogen (secondary N) is 1. The van der Waals surface area contributed by atoms with Crippen molar-refractivity contribution in [2.75, 3.05) is 40.7 Å². The van der Waals surface area contributed by atoms with Gasteiger partial charge in [0.25, 0.3) is 10.0 Å². The second-order valence-corrected chi connectivity index (χ2v) is 10.0. The maximum Gasteiger partial charge on any atom is 0.433 e. The fraction of sp³-hybridized carbons (Fsp3) is 0.273. The van der Waals surface area contributed by atoms with Gasteiger partial charge in [0.05, 0.1) is 27.4 Å². The lowest BCUT2D eigenvalue weighted by molar-refractivity contribution is -0.141. The van der Waals surface area contributed by atoms with E-state index < -0.39 is 27.7 Å². The highest BCUT2D eigenvalue weighted by Crippen LogP contribution is 2.29. The molecule has 1 N–H and O–H groups in total. The molecule has 3 aromatic rings. The molecule has 0 radical (unpaired) electrons. The van der Waals surface area contributed by atoms with Crippen LogP contribution in [-0.4, -0.2) is 49.5 Å². The molecular weight excluding hydrogens is 538 g/mol. The summed E-state index contributed by atoms with van der Waals surface area (Å²) >= 11 is 5.68. The number of hydrogen-bond acceptors (Lipinski definition) is 8. The summed E-state index contributed by atoms with van der Waals surface area (Å²) in [6.07, 6.45) is -1.78. The lowest BCUT2D eigenvalue weighted by Crippen LogP contribution is -2.32. The summed E-state index contributed by atoms with van der Waals surface area (Å²) in [5.74, 6) is -0.521. The Morgan fingerprint density at radius 1 is 1.05 bits per heavy atom. The van der Waals surface area contributed by atoms with Crippen LogP contribution in [0.1, 0.15) is 17.7 Å². The average molecular weight is 556 g/mol. The fourth-order valence-electron chi connectivity index (χ4n) is 3.69. The molecule has 1 aliphatic heterocycles. The second-order valence-electron chi connectivity index (χ2n) is 7.96. The normalized spacial score (nSPS) is 14.7. The number of halogens is 5. The van der Waals surface area contributed by atoms with Crippen molar-refractivity contribution in [2.24, 2.45) is 0 Å². The summed E-state index contributed by atoms with van der Waals surface area (Å²) in [7, 11) is -4.14. The lowest BCUT2D eigenvalue weighted by Gasteiger charge is -2.24. The van der Waals surface area contributed by atoms with Crippen LogP contribution in [0.3, 0.4) is 0 Å². The van der Waals surface area contributed by atoms with Gasteiger partial charge < -0.3 is 9.80 Å². The van der Waals surface area contributed by atoms with E-state index in [0.717, 1.165) is 30.5 Å². The van der Waals surface area contributed by atoms with Crippen molar-refractivity contribution in [3.8, 4) is 6.07 Å². The molecule has 0 saturated carbocycles. The Bertz CT molecular complexity index is 1460. The Balaban J connectivity index is 1.51. The molecule has 4 rings (SSSR count). The van der Waals surface area contributed by atoms with E-state index in [-0.39, 0.29) is 33.7 Å². The second kappa shape index (κ2) is 10.3. The van der Waals surface area contributed by atoms with E-state index in [1.165, 1.54) is 12.3 Å². The lowest BCUT2D eigenvalue weighted by atomic mass is 10.2. The number of sulfonamides is 1. The van der Waals surface area contributed by atoms with E-state index >= 15 is 0 Å². The highest BCUT2D eigenvalue weighted by Gasteiger charge is 2.33. The molecular formula is C22H18ClF4N7O2S. The van der Waals surface area contributed by atoms with Crippen LogP contribution in [0, 0.1) is 17.1 Å². The van der Waals surface area contributed by atoms with Crippen molar-refractivity contribution in [1.29, 1.82) is 5.26 Å². The smallest absolute Gasteiger partial charge is 0.354 e.